The molecule has 0 bridgehead atoms. The fourth-order valence-corrected chi connectivity index (χ4v) is 3.69. The van der Waals surface area contributed by atoms with Crippen LogP contribution in [0.5, 0.6) is 0 Å². The van der Waals surface area contributed by atoms with Crippen molar-refractivity contribution in [2.45, 2.75) is 25.6 Å². The van der Waals surface area contributed by atoms with E-state index in [1.807, 2.05) is 38.1 Å². The predicted molar refractivity (Wildman–Crippen MR) is 92.1 cm³/mol. The Bertz CT molecular complexity index is 622. The number of thioether (sulfide) groups is 1. The van der Waals surface area contributed by atoms with Gasteiger partial charge in [-0.15, -0.1) is 23.1 Å². The van der Waals surface area contributed by atoms with E-state index < -0.39 is 0 Å². The highest BCUT2D eigenvalue weighted by molar-refractivity contribution is 7.99. The van der Waals surface area contributed by atoms with Gasteiger partial charge in [0.15, 0.2) is 0 Å². The largest absolute Gasteiger partial charge is 0.352 e. The monoisotopic (exact) mass is 337 g/mol. The lowest BCUT2D eigenvalue weighted by Gasteiger charge is -2.08. The second-order valence-electron chi connectivity index (χ2n) is 5.07. The van der Waals surface area contributed by atoms with Crippen LogP contribution in [0, 0.1) is 0 Å². The molecule has 1 aromatic heterocycles. The van der Waals surface area contributed by atoms with Gasteiger partial charge in [-0.25, -0.2) is 4.98 Å². The zero-order valence-corrected chi connectivity index (χ0v) is 14.2. The van der Waals surface area contributed by atoms with E-state index in [9.17, 15) is 9.59 Å². The van der Waals surface area contributed by atoms with Crippen LogP contribution in [-0.2, 0) is 15.3 Å². The first-order chi connectivity index (χ1) is 10.5. The lowest BCUT2D eigenvalue weighted by molar-refractivity contribution is -0.125. The maximum atomic E-state index is 11.7. The van der Waals surface area contributed by atoms with E-state index in [0.29, 0.717) is 11.5 Å². The summed E-state index contributed by atoms with van der Waals surface area (Å²) < 4.78 is 1.16. The number of thiazole rings is 1. The first-order valence-corrected chi connectivity index (χ1v) is 9.00. The quantitative estimate of drug-likeness (QED) is 0.812. The fourth-order valence-electron chi connectivity index (χ4n) is 1.82. The van der Waals surface area contributed by atoms with Crippen molar-refractivity contribution >= 4 is 45.1 Å². The van der Waals surface area contributed by atoms with E-state index in [1.165, 1.54) is 11.8 Å². The maximum Gasteiger partial charge on any atom is 0.239 e. The van der Waals surface area contributed by atoms with Gasteiger partial charge < -0.3 is 10.6 Å². The second kappa shape index (κ2) is 8.14. The third-order valence-electron chi connectivity index (χ3n) is 2.69. The number of carbonyl (C=O) groups excluding carboxylic acids is 2. The summed E-state index contributed by atoms with van der Waals surface area (Å²) in [6, 6.07) is 8.07. The van der Waals surface area contributed by atoms with Crippen molar-refractivity contribution in [3.8, 4) is 0 Å². The van der Waals surface area contributed by atoms with E-state index in [-0.39, 0.29) is 24.4 Å². The third-order valence-corrected chi connectivity index (χ3v) is 4.86. The Balaban J connectivity index is 1.69. The summed E-state index contributed by atoms with van der Waals surface area (Å²) in [7, 11) is 0. The molecule has 2 rings (SSSR count). The minimum atomic E-state index is -0.167. The molecule has 0 unspecified atom stereocenters. The summed E-state index contributed by atoms with van der Waals surface area (Å²) in [5.41, 5.74) is 0.998. The lowest BCUT2D eigenvalue weighted by atomic mass is 10.3. The summed E-state index contributed by atoms with van der Waals surface area (Å²) in [5, 5.41) is 6.35. The smallest absolute Gasteiger partial charge is 0.239 e. The van der Waals surface area contributed by atoms with E-state index in [4.69, 9.17) is 0 Å². The van der Waals surface area contributed by atoms with Crippen LogP contribution in [0.15, 0.2) is 24.3 Å². The topological polar surface area (TPSA) is 71.1 Å². The molecule has 1 heterocycles. The van der Waals surface area contributed by atoms with Crippen molar-refractivity contribution in [3.05, 3.63) is 29.3 Å². The van der Waals surface area contributed by atoms with Crippen molar-refractivity contribution in [1.29, 1.82) is 0 Å². The van der Waals surface area contributed by atoms with Crippen LogP contribution in [0.2, 0.25) is 0 Å². The van der Waals surface area contributed by atoms with E-state index in [1.54, 1.807) is 11.3 Å². The Morgan fingerprint density at radius 2 is 2.05 bits per heavy atom. The Kier molecular flexibility index (Phi) is 6.21. The van der Waals surface area contributed by atoms with Gasteiger partial charge in [0.2, 0.25) is 11.8 Å². The predicted octanol–water partition coefficient (Wildman–Crippen LogP) is 2.17. The normalized spacial score (nSPS) is 10.9. The highest BCUT2D eigenvalue weighted by Crippen LogP contribution is 2.24. The third kappa shape index (κ3) is 5.31. The molecule has 7 heteroatoms. The molecule has 118 valence electrons. The molecule has 2 aromatic rings. The molecular weight excluding hydrogens is 318 g/mol. The lowest BCUT2D eigenvalue weighted by Crippen LogP contribution is -2.40. The van der Waals surface area contributed by atoms with Crippen LogP contribution in [0.25, 0.3) is 10.2 Å². The number of aromatic nitrogens is 1. The Morgan fingerprint density at radius 1 is 1.27 bits per heavy atom. The van der Waals surface area contributed by atoms with E-state index in [0.717, 1.165) is 15.2 Å². The standard InChI is InChI=1S/C15H19N3O2S2/c1-10(2)17-13(19)7-16-14(20)8-21-9-15-18-11-5-3-4-6-12(11)22-15/h3-6,10H,7-9H2,1-2H3,(H,16,20)(H,17,19). The van der Waals surface area contributed by atoms with Crippen LogP contribution in [0.4, 0.5) is 0 Å². The Hall–Kier alpha value is -1.60. The van der Waals surface area contributed by atoms with Crippen molar-refractivity contribution in [2.24, 2.45) is 0 Å². The molecule has 0 spiro atoms. The van der Waals surface area contributed by atoms with Gasteiger partial charge in [0.25, 0.3) is 0 Å². The van der Waals surface area contributed by atoms with Crippen molar-refractivity contribution in [2.75, 3.05) is 12.3 Å². The van der Waals surface area contributed by atoms with Gasteiger partial charge >= 0.3 is 0 Å². The SMILES string of the molecule is CC(C)NC(=O)CNC(=O)CSCc1nc2ccccc2s1. The molecule has 1 aromatic carbocycles. The number of fused-ring (bicyclic) bond motifs is 1. The fraction of sp³-hybridized carbons (Fsp3) is 0.400. The minimum Gasteiger partial charge on any atom is -0.352 e. The first kappa shape index (κ1) is 16.8. The maximum absolute atomic E-state index is 11.7. The number of carbonyl (C=O) groups is 2. The zero-order chi connectivity index (χ0) is 15.9. The number of hydrogen-bond acceptors (Lipinski definition) is 5. The van der Waals surface area contributed by atoms with Crippen molar-refractivity contribution < 1.29 is 9.59 Å². The average Bonchev–Trinajstić information content (AvgIpc) is 2.87. The summed E-state index contributed by atoms with van der Waals surface area (Å²) in [5.74, 6) is 0.722. The molecule has 0 saturated carbocycles. The highest BCUT2D eigenvalue weighted by atomic mass is 32.2. The van der Waals surface area contributed by atoms with E-state index in [2.05, 4.69) is 15.6 Å². The van der Waals surface area contributed by atoms with Crippen LogP contribution < -0.4 is 10.6 Å². The van der Waals surface area contributed by atoms with Crippen LogP contribution in [0.3, 0.4) is 0 Å². The van der Waals surface area contributed by atoms with Gasteiger partial charge in [-0.1, -0.05) is 12.1 Å². The van der Waals surface area contributed by atoms with Gasteiger partial charge in [-0.3, -0.25) is 9.59 Å². The molecule has 2 amide bonds. The average molecular weight is 337 g/mol. The van der Waals surface area contributed by atoms with Gasteiger partial charge in [-0.05, 0) is 26.0 Å². The number of nitrogens with one attached hydrogen (secondary N) is 2. The molecule has 0 atom stereocenters. The molecule has 0 saturated heterocycles. The molecule has 22 heavy (non-hydrogen) atoms. The number of amides is 2. The molecule has 0 radical (unpaired) electrons. The molecule has 0 aliphatic rings. The van der Waals surface area contributed by atoms with E-state index >= 15 is 0 Å². The molecule has 0 fully saturated rings. The number of nitrogens with zero attached hydrogens (tertiary/aromatic N) is 1. The highest BCUT2D eigenvalue weighted by Gasteiger charge is 2.08. The molecule has 0 aliphatic heterocycles. The second-order valence-corrected chi connectivity index (χ2v) is 7.17. The van der Waals surface area contributed by atoms with Gasteiger partial charge in [-0.2, -0.15) is 0 Å². The Labute approximate surface area is 137 Å². The van der Waals surface area contributed by atoms with Crippen LogP contribution in [0.1, 0.15) is 18.9 Å². The zero-order valence-electron chi connectivity index (χ0n) is 12.6. The van der Waals surface area contributed by atoms with Crippen molar-refractivity contribution in [1.82, 2.24) is 15.6 Å². The van der Waals surface area contributed by atoms with Crippen LogP contribution in [-0.4, -0.2) is 35.1 Å². The number of rotatable bonds is 7. The number of hydrogen-bond donors (Lipinski definition) is 2. The summed E-state index contributed by atoms with van der Waals surface area (Å²) in [6.07, 6.45) is 0. The molecular formula is C15H19N3O2S2. The summed E-state index contributed by atoms with van der Waals surface area (Å²) in [4.78, 5) is 27.6. The Morgan fingerprint density at radius 3 is 2.77 bits per heavy atom. The molecule has 5 nitrogen and oxygen atoms in total. The molecule has 0 aliphatic carbocycles. The summed E-state index contributed by atoms with van der Waals surface area (Å²) in [6.45, 7) is 3.79. The number of para-hydroxylation sites is 1. The summed E-state index contributed by atoms with van der Waals surface area (Å²) >= 11 is 3.15. The van der Waals surface area contributed by atoms with Crippen molar-refractivity contribution in [3.63, 3.8) is 0 Å². The minimum absolute atomic E-state index is 0.0265. The van der Waals surface area contributed by atoms with Gasteiger partial charge in [0.1, 0.15) is 5.01 Å². The molecule has 2 N–H and O–H groups in total. The first-order valence-electron chi connectivity index (χ1n) is 7.03. The van der Waals surface area contributed by atoms with Crippen LogP contribution >= 0.6 is 23.1 Å². The number of benzene rings is 1. The van der Waals surface area contributed by atoms with Gasteiger partial charge in [0.05, 0.1) is 22.5 Å². The van der Waals surface area contributed by atoms with Gasteiger partial charge in [0, 0.05) is 11.8 Å².